The van der Waals surface area contributed by atoms with Gasteiger partial charge in [-0.2, -0.15) is 13.2 Å². The second kappa shape index (κ2) is 5.73. The van der Waals surface area contributed by atoms with Crippen LogP contribution in [0.4, 0.5) is 13.2 Å². The van der Waals surface area contributed by atoms with Crippen LogP contribution >= 0.6 is 0 Å². The van der Waals surface area contributed by atoms with Gasteiger partial charge in [-0.1, -0.05) is 19.3 Å². The molecule has 0 saturated heterocycles. The molecule has 0 aromatic carbocycles. The second-order valence-corrected chi connectivity index (χ2v) is 4.56. The zero-order valence-corrected chi connectivity index (χ0v) is 8.89. The lowest BCUT2D eigenvalue weighted by molar-refractivity contribution is -0.138. The summed E-state index contributed by atoms with van der Waals surface area (Å²) in [6.45, 7) is 0.163. The molecule has 0 aromatic rings. The quantitative estimate of drug-likeness (QED) is 0.774. The van der Waals surface area contributed by atoms with Crippen LogP contribution in [-0.2, 0) is 0 Å². The highest BCUT2D eigenvalue weighted by atomic mass is 19.4. The number of aliphatic hydroxyl groups excluding tert-OH is 1. The summed E-state index contributed by atoms with van der Waals surface area (Å²) < 4.78 is 36.0. The number of hydrogen-bond acceptors (Lipinski definition) is 1. The molecule has 90 valence electrons. The van der Waals surface area contributed by atoms with Gasteiger partial charge in [-0.25, -0.2) is 0 Å². The van der Waals surface area contributed by atoms with Crippen LogP contribution in [-0.4, -0.2) is 17.9 Å². The Morgan fingerprint density at radius 1 is 1.07 bits per heavy atom. The Labute approximate surface area is 88.7 Å². The molecule has 15 heavy (non-hydrogen) atoms. The summed E-state index contributed by atoms with van der Waals surface area (Å²) in [4.78, 5) is 0. The Morgan fingerprint density at radius 3 is 2.20 bits per heavy atom. The van der Waals surface area contributed by atoms with Gasteiger partial charge >= 0.3 is 6.18 Å². The highest BCUT2D eigenvalue weighted by Gasteiger charge is 2.30. The first-order valence-electron chi connectivity index (χ1n) is 5.69. The Kier molecular flexibility index (Phi) is 4.90. The van der Waals surface area contributed by atoms with Crippen molar-refractivity contribution in [3.8, 4) is 0 Å². The summed E-state index contributed by atoms with van der Waals surface area (Å²) in [6.07, 6.45) is 0.256. The van der Waals surface area contributed by atoms with Crippen molar-refractivity contribution in [2.75, 3.05) is 6.61 Å². The minimum absolute atomic E-state index is 0.163. The van der Waals surface area contributed by atoms with Crippen molar-refractivity contribution in [2.24, 2.45) is 11.8 Å². The van der Waals surface area contributed by atoms with E-state index in [0.717, 1.165) is 32.1 Å². The fourth-order valence-corrected chi connectivity index (χ4v) is 2.48. The van der Waals surface area contributed by atoms with E-state index in [1.165, 1.54) is 0 Å². The molecule has 2 unspecified atom stereocenters. The van der Waals surface area contributed by atoms with E-state index in [1.54, 1.807) is 0 Å². The topological polar surface area (TPSA) is 20.2 Å². The van der Waals surface area contributed by atoms with Crippen molar-refractivity contribution in [2.45, 2.75) is 51.1 Å². The minimum Gasteiger partial charge on any atom is -0.396 e. The molecule has 0 radical (unpaired) electrons. The van der Waals surface area contributed by atoms with Crippen LogP contribution in [0.15, 0.2) is 0 Å². The molecule has 0 bridgehead atoms. The van der Waals surface area contributed by atoms with E-state index >= 15 is 0 Å². The summed E-state index contributed by atoms with van der Waals surface area (Å²) in [6, 6.07) is 0. The summed E-state index contributed by atoms with van der Waals surface area (Å²) in [5.41, 5.74) is 0. The van der Waals surface area contributed by atoms with E-state index < -0.39 is 12.6 Å². The van der Waals surface area contributed by atoms with Crippen LogP contribution in [0.3, 0.4) is 0 Å². The fourth-order valence-electron chi connectivity index (χ4n) is 2.48. The average Bonchev–Trinajstić information content (AvgIpc) is 2.15. The van der Waals surface area contributed by atoms with Crippen molar-refractivity contribution >= 4 is 0 Å². The van der Waals surface area contributed by atoms with Gasteiger partial charge in [0.1, 0.15) is 0 Å². The van der Waals surface area contributed by atoms with E-state index in [1.807, 2.05) is 0 Å². The molecule has 0 aliphatic heterocycles. The summed E-state index contributed by atoms with van der Waals surface area (Å²) in [7, 11) is 0. The molecule has 1 aliphatic carbocycles. The molecular formula is C11H19F3O. The highest BCUT2D eigenvalue weighted by Crippen LogP contribution is 2.35. The van der Waals surface area contributed by atoms with Crippen LogP contribution in [0.25, 0.3) is 0 Å². The molecule has 1 nitrogen and oxygen atoms in total. The third-order valence-corrected chi connectivity index (χ3v) is 3.26. The summed E-state index contributed by atoms with van der Waals surface area (Å²) >= 11 is 0. The van der Waals surface area contributed by atoms with Gasteiger partial charge in [-0.15, -0.1) is 0 Å². The first kappa shape index (κ1) is 12.8. The summed E-state index contributed by atoms with van der Waals surface area (Å²) in [5.74, 6) is 0.666. The van der Waals surface area contributed by atoms with Gasteiger partial charge in [0, 0.05) is 13.0 Å². The Bertz CT molecular complexity index is 177. The van der Waals surface area contributed by atoms with Gasteiger partial charge in [-0.3, -0.25) is 0 Å². The molecule has 4 heteroatoms. The largest absolute Gasteiger partial charge is 0.396 e. The van der Waals surface area contributed by atoms with Gasteiger partial charge in [0.25, 0.3) is 0 Å². The van der Waals surface area contributed by atoms with E-state index in [9.17, 15) is 13.2 Å². The Hall–Kier alpha value is -0.250. The van der Waals surface area contributed by atoms with Crippen molar-refractivity contribution < 1.29 is 18.3 Å². The van der Waals surface area contributed by atoms with Crippen LogP contribution in [0.2, 0.25) is 0 Å². The van der Waals surface area contributed by atoms with Crippen molar-refractivity contribution in [1.29, 1.82) is 0 Å². The van der Waals surface area contributed by atoms with E-state index in [0.29, 0.717) is 5.92 Å². The third kappa shape index (κ3) is 5.40. The zero-order chi connectivity index (χ0) is 11.3. The Balaban J connectivity index is 2.24. The number of alkyl halides is 3. The van der Waals surface area contributed by atoms with Gasteiger partial charge < -0.3 is 5.11 Å². The maximum absolute atomic E-state index is 12.0. The number of rotatable bonds is 4. The third-order valence-electron chi connectivity index (χ3n) is 3.26. The molecule has 2 atom stereocenters. The van der Waals surface area contributed by atoms with Crippen LogP contribution in [0.1, 0.15) is 44.9 Å². The molecule has 1 N–H and O–H groups in total. The lowest BCUT2D eigenvalue weighted by Gasteiger charge is -2.29. The molecular weight excluding hydrogens is 205 g/mol. The SMILES string of the molecule is OCCC1CCCC(CCC(F)(F)F)C1. The normalized spacial score (nSPS) is 28.0. The predicted molar refractivity (Wildman–Crippen MR) is 52.4 cm³/mol. The number of hydrogen-bond donors (Lipinski definition) is 1. The standard InChI is InChI=1S/C11H19F3O/c12-11(13,14)6-4-9-2-1-3-10(8-9)5-7-15/h9-10,15H,1-8H2. The van der Waals surface area contributed by atoms with Crippen molar-refractivity contribution in [1.82, 2.24) is 0 Å². The molecule has 1 rings (SSSR count). The number of aliphatic hydroxyl groups is 1. The maximum Gasteiger partial charge on any atom is 0.389 e. The van der Waals surface area contributed by atoms with Crippen molar-refractivity contribution in [3.63, 3.8) is 0 Å². The first-order valence-corrected chi connectivity index (χ1v) is 5.69. The second-order valence-electron chi connectivity index (χ2n) is 4.56. The predicted octanol–water partition coefficient (Wildman–Crippen LogP) is 3.52. The lowest BCUT2D eigenvalue weighted by Crippen LogP contribution is -2.19. The van der Waals surface area contributed by atoms with Gasteiger partial charge in [0.2, 0.25) is 0 Å². The van der Waals surface area contributed by atoms with Gasteiger partial charge in [0.05, 0.1) is 0 Å². The number of halogens is 3. The van der Waals surface area contributed by atoms with Crippen LogP contribution in [0.5, 0.6) is 0 Å². The molecule has 0 spiro atoms. The van der Waals surface area contributed by atoms with Gasteiger partial charge in [-0.05, 0) is 31.1 Å². The molecule has 0 heterocycles. The lowest BCUT2D eigenvalue weighted by atomic mass is 9.78. The fraction of sp³-hybridized carbons (Fsp3) is 1.00. The smallest absolute Gasteiger partial charge is 0.389 e. The first-order chi connectivity index (χ1) is 7.01. The van der Waals surface area contributed by atoms with E-state index in [2.05, 4.69) is 0 Å². The average molecular weight is 224 g/mol. The maximum atomic E-state index is 12.0. The molecule has 1 fully saturated rings. The van der Waals surface area contributed by atoms with Crippen LogP contribution < -0.4 is 0 Å². The van der Waals surface area contributed by atoms with Crippen molar-refractivity contribution in [3.05, 3.63) is 0 Å². The van der Waals surface area contributed by atoms with Crippen LogP contribution in [0, 0.1) is 11.8 Å². The molecule has 1 saturated carbocycles. The summed E-state index contributed by atoms with van der Waals surface area (Å²) in [5, 5.41) is 8.78. The zero-order valence-electron chi connectivity index (χ0n) is 8.89. The van der Waals surface area contributed by atoms with E-state index in [4.69, 9.17) is 5.11 Å². The molecule has 1 aliphatic rings. The van der Waals surface area contributed by atoms with E-state index in [-0.39, 0.29) is 18.9 Å². The molecule has 0 aromatic heterocycles. The minimum atomic E-state index is -4.01. The van der Waals surface area contributed by atoms with Gasteiger partial charge in [0.15, 0.2) is 0 Å². The Morgan fingerprint density at radius 2 is 1.67 bits per heavy atom. The molecule has 0 amide bonds. The monoisotopic (exact) mass is 224 g/mol. The highest BCUT2D eigenvalue weighted by molar-refractivity contribution is 4.74.